The van der Waals surface area contributed by atoms with Gasteiger partial charge in [0.25, 0.3) is 0 Å². The number of aromatic nitrogens is 3. The number of rotatable bonds is 5. The van der Waals surface area contributed by atoms with Crippen LogP contribution in [0, 0.1) is 0 Å². The molecule has 0 bridgehead atoms. The summed E-state index contributed by atoms with van der Waals surface area (Å²) >= 11 is 0. The van der Waals surface area contributed by atoms with E-state index in [2.05, 4.69) is 15.2 Å². The lowest BCUT2D eigenvalue weighted by atomic mass is 10.3. The highest BCUT2D eigenvalue weighted by Gasteiger charge is 2.19. The third kappa shape index (κ3) is 3.37. The van der Waals surface area contributed by atoms with Gasteiger partial charge in [-0.25, -0.2) is 0 Å². The van der Waals surface area contributed by atoms with Gasteiger partial charge >= 0.3 is 11.8 Å². The Labute approximate surface area is 111 Å². The summed E-state index contributed by atoms with van der Waals surface area (Å²) in [5.74, 6) is 0.258. The molecule has 0 aliphatic carbocycles. The van der Waals surface area contributed by atoms with Gasteiger partial charge in [0.05, 0.1) is 0 Å². The summed E-state index contributed by atoms with van der Waals surface area (Å²) in [4.78, 5) is 17.6. The summed E-state index contributed by atoms with van der Waals surface area (Å²) < 4.78 is 5.32. The number of hydrogen-bond acceptors (Lipinski definition) is 5. The van der Waals surface area contributed by atoms with Crippen molar-refractivity contribution in [1.29, 1.82) is 0 Å². The van der Waals surface area contributed by atoms with E-state index in [0.717, 1.165) is 12.0 Å². The summed E-state index contributed by atoms with van der Waals surface area (Å²) in [6.45, 7) is 2.47. The van der Waals surface area contributed by atoms with E-state index < -0.39 is 0 Å². The minimum Gasteiger partial charge on any atom is -0.417 e. The van der Waals surface area contributed by atoms with Crippen molar-refractivity contribution in [2.24, 2.45) is 0 Å². The van der Waals surface area contributed by atoms with E-state index in [1.807, 2.05) is 19.1 Å². The zero-order valence-electron chi connectivity index (χ0n) is 11.0. The van der Waals surface area contributed by atoms with E-state index in [1.165, 1.54) is 4.90 Å². The normalized spacial score (nSPS) is 10.4. The molecule has 0 aliphatic heterocycles. The molecule has 0 N–H and O–H groups in total. The van der Waals surface area contributed by atoms with Gasteiger partial charge in [-0.3, -0.25) is 9.78 Å². The van der Waals surface area contributed by atoms with Crippen LogP contribution in [0.2, 0.25) is 0 Å². The fourth-order valence-electron chi connectivity index (χ4n) is 1.66. The van der Waals surface area contributed by atoms with Crippen molar-refractivity contribution in [2.75, 3.05) is 7.05 Å². The summed E-state index contributed by atoms with van der Waals surface area (Å²) in [6.07, 6.45) is 5.01. The van der Waals surface area contributed by atoms with E-state index in [9.17, 15) is 4.79 Å². The van der Waals surface area contributed by atoms with Crippen LogP contribution < -0.4 is 0 Å². The van der Waals surface area contributed by atoms with Crippen LogP contribution in [0.15, 0.2) is 28.9 Å². The Morgan fingerprint density at radius 1 is 1.42 bits per heavy atom. The van der Waals surface area contributed by atoms with Gasteiger partial charge in [0, 0.05) is 32.4 Å². The summed E-state index contributed by atoms with van der Waals surface area (Å²) in [5, 5.41) is 7.61. The molecule has 100 valence electrons. The van der Waals surface area contributed by atoms with E-state index in [0.29, 0.717) is 18.9 Å². The predicted molar refractivity (Wildman–Crippen MR) is 68.3 cm³/mol. The molecule has 2 aromatic heterocycles. The highest BCUT2D eigenvalue weighted by molar-refractivity contribution is 5.89. The fourth-order valence-corrected chi connectivity index (χ4v) is 1.66. The smallest absolute Gasteiger partial charge is 0.311 e. The van der Waals surface area contributed by atoms with E-state index in [-0.39, 0.29) is 11.8 Å². The summed E-state index contributed by atoms with van der Waals surface area (Å²) in [5.41, 5.74) is 0.951. The lowest BCUT2D eigenvalue weighted by Crippen LogP contribution is -2.26. The Kier molecular flexibility index (Phi) is 4.22. The number of carbonyl (C=O) groups excluding carboxylic acids is 1. The zero-order valence-corrected chi connectivity index (χ0v) is 11.0. The van der Waals surface area contributed by atoms with Crippen molar-refractivity contribution in [2.45, 2.75) is 26.3 Å². The first-order valence-corrected chi connectivity index (χ1v) is 6.17. The largest absolute Gasteiger partial charge is 0.417 e. The second-order valence-corrected chi connectivity index (χ2v) is 4.27. The maximum absolute atomic E-state index is 12.1. The Morgan fingerprint density at radius 3 is 2.95 bits per heavy atom. The van der Waals surface area contributed by atoms with Crippen LogP contribution in [0.25, 0.3) is 0 Å². The standard InChI is InChI=1S/C13H16N4O2/c1-3-5-11-15-16-12(19-11)13(18)17(2)9-10-6-4-7-14-8-10/h4,6-8H,3,5,9H2,1-2H3. The summed E-state index contributed by atoms with van der Waals surface area (Å²) in [6, 6.07) is 3.74. The first kappa shape index (κ1) is 13.2. The van der Waals surface area contributed by atoms with Crippen molar-refractivity contribution >= 4 is 5.91 Å². The van der Waals surface area contributed by atoms with E-state index in [1.54, 1.807) is 19.4 Å². The number of hydrogen-bond donors (Lipinski definition) is 0. The van der Waals surface area contributed by atoms with Crippen molar-refractivity contribution in [1.82, 2.24) is 20.1 Å². The van der Waals surface area contributed by atoms with Gasteiger partial charge in [0.15, 0.2) is 0 Å². The van der Waals surface area contributed by atoms with Crippen LogP contribution in [0.3, 0.4) is 0 Å². The second-order valence-electron chi connectivity index (χ2n) is 4.27. The molecular weight excluding hydrogens is 244 g/mol. The van der Waals surface area contributed by atoms with E-state index in [4.69, 9.17) is 4.42 Å². The van der Waals surface area contributed by atoms with Gasteiger partial charge in [0.2, 0.25) is 5.89 Å². The molecule has 0 fully saturated rings. The molecule has 0 spiro atoms. The van der Waals surface area contributed by atoms with Gasteiger partial charge in [-0.05, 0) is 18.1 Å². The van der Waals surface area contributed by atoms with Crippen molar-refractivity contribution in [3.05, 3.63) is 41.9 Å². The van der Waals surface area contributed by atoms with Crippen LogP contribution in [0.4, 0.5) is 0 Å². The fraction of sp³-hybridized carbons (Fsp3) is 0.385. The maximum atomic E-state index is 12.1. The van der Waals surface area contributed by atoms with Crippen molar-refractivity contribution in [3.8, 4) is 0 Å². The average molecular weight is 260 g/mol. The molecule has 0 aliphatic rings. The Hall–Kier alpha value is -2.24. The monoisotopic (exact) mass is 260 g/mol. The number of amides is 1. The van der Waals surface area contributed by atoms with Crippen LogP contribution in [-0.2, 0) is 13.0 Å². The van der Waals surface area contributed by atoms with Crippen LogP contribution in [-0.4, -0.2) is 33.0 Å². The van der Waals surface area contributed by atoms with Crippen molar-refractivity contribution in [3.63, 3.8) is 0 Å². The number of carbonyl (C=O) groups is 1. The van der Waals surface area contributed by atoms with E-state index >= 15 is 0 Å². The SMILES string of the molecule is CCCc1nnc(C(=O)N(C)Cc2cccnc2)o1. The molecule has 2 aromatic rings. The quantitative estimate of drug-likeness (QED) is 0.818. The predicted octanol–water partition coefficient (Wildman–Crippen LogP) is 1.69. The molecule has 6 heteroatoms. The molecule has 19 heavy (non-hydrogen) atoms. The molecule has 0 aromatic carbocycles. The number of nitrogens with zero attached hydrogens (tertiary/aromatic N) is 4. The molecule has 1 amide bonds. The first-order chi connectivity index (χ1) is 9.20. The van der Waals surface area contributed by atoms with Gasteiger partial charge in [-0.2, -0.15) is 0 Å². The molecule has 0 unspecified atom stereocenters. The minimum absolute atomic E-state index is 0.0369. The number of aryl methyl sites for hydroxylation is 1. The molecule has 0 saturated carbocycles. The lowest BCUT2D eigenvalue weighted by Gasteiger charge is -2.14. The molecule has 2 rings (SSSR count). The minimum atomic E-state index is -0.279. The number of pyridine rings is 1. The van der Waals surface area contributed by atoms with Crippen molar-refractivity contribution < 1.29 is 9.21 Å². The first-order valence-electron chi connectivity index (χ1n) is 6.17. The van der Waals surface area contributed by atoms with Gasteiger partial charge in [0.1, 0.15) is 0 Å². The lowest BCUT2D eigenvalue weighted by molar-refractivity contribution is 0.0743. The highest BCUT2D eigenvalue weighted by Crippen LogP contribution is 2.08. The molecular formula is C13H16N4O2. The average Bonchev–Trinajstić information content (AvgIpc) is 2.88. The second kappa shape index (κ2) is 6.08. The molecule has 2 heterocycles. The highest BCUT2D eigenvalue weighted by atomic mass is 16.4. The molecule has 0 radical (unpaired) electrons. The Morgan fingerprint density at radius 2 is 2.26 bits per heavy atom. The van der Waals surface area contributed by atoms with Crippen LogP contribution >= 0.6 is 0 Å². The Bertz CT molecular complexity index is 539. The van der Waals surface area contributed by atoms with Gasteiger partial charge in [-0.15, -0.1) is 10.2 Å². The van der Waals surface area contributed by atoms with Crippen LogP contribution in [0.5, 0.6) is 0 Å². The molecule has 6 nitrogen and oxygen atoms in total. The van der Waals surface area contributed by atoms with Crippen LogP contribution in [0.1, 0.15) is 35.5 Å². The van der Waals surface area contributed by atoms with Gasteiger partial charge < -0.3 is 9.32 Å². The summed E-state index contributed by atoms with van der Waals surface area (Å²) in [7, 11) is 1.69. The van der Waals surface area contributed by atoms with Gasteiger partial charge in [-0.1, -0.05) is 13.0 Å². The third-order valence-electron chi connectivity index (χ3n) is 2.60. The maximum Gasteiger partial charge on any atom is 0.311 e. The molecule has 0 saturated heterocycles. The topological polar surface area (TPSA) is 72.1 Å². The zero-order chi connectivity index (χ0) is 13.7. The third-order valence-corrected chi connectivity index (χ3v) is 2.60. The molecule has 0 atom stereocenters. The Balaban J connectivity index is 2.02.